The molecular weight excluding hydrogens is 263 g/mol. The maximum absolute atomic E-state index is 12.8. The summed E-state index contributed by atoms with van der Waals surface area (Å²) in [5.41, 5.74) is 5.70. The number of H-pyrrole nitrogens is 1. The number of nitrogens with zero attached hydrogens (tertiary/aromatic N) is 1. The molecule has 1 heterocycles. The molecule has 0 bridgehead atoms. The van der Waals surface area contributed by atoms with Crippen LogP contribution in [0.15, 0.2) is 33.9 Å². The van der Waals surface area contributed by atoms with Crippen LogP contribution >= 0.6 is 0 Å². The Morgan fingerprint density at radius 2 is 1.95 bits per heavy atom. The van der Waals surface area contributed by atoms with Gasteiger partial charge in [0.05, 0.1) is 0 Å². The number of benzene rings is 1. The Morgan fingerprint density at radius 3 is 2.60 bits per heavy atom. The summed E-state index contributed by atoms with van der Waals surface area (Å²) in [5, 5.41) is 2.89. The van der Waals surface area contributed by atoms with Gasteiger partial charge in [-0.15, -0.1) is 0 Å². The SMILES string of the molecule is Cn1c(N)c(NCCc2ccc(F)cc2)c(=O)[nH]c1=O. The smallest absolute Gasteiger partial charge is 0.329 e. The van der Waals surface area contributed by atoms with Crippen LogP contribution < -0.4 is 22.3 Å². The van der Waals surface area contributed by atoms with E-state index in [1.165, 1.54) is 19.2 Å². The molecule has 0 fully saturated rings. The summed E-state index contributed by atoms with van der Waals surface area (Å²) in [6.45, 7) is 0.442. The van der Waals surface area contributed by atoms with Crippen molar-refractivity contribution in [3.63, 3.8) is 0 Å². The fourth-order valence-corrected chi connectivity index (χ4v) is 1.79. The highest BCUT2D eigenvalue weighted by Crippen LogP contribution is 2.09. The van der Waals surface area contributed by atoms with Gasteiger partial charge in [-0.05, 0) is 24.1 Å². The molecule has 2 aromatic rings. The lowest BCUT2D eigenvalue weighted by Crippen LogP contribution is -2.32. The molecule has 1 aromatic carbocycles. The third-order valence-corrected chi connectivity index (χ3v) is 3.00. The molecule has 4 N–H and O–H groups in total. The van der Waals surface area contributed by atoms with Crippen molar-refractivity contribution in [1.29, 1.82) is 0 Å². The summed E-state index contributed by atoms with van der Waals surface area (Å²) in [4.78, 5) is 25.1. The minimum Gasteiger partial charge on any atom is -0.383 e. The van der Waals surface area contributed by atoms with E-state index in [0.29, 0.717) is 13.0 Å². The Hall–Kier alpha value is -2.57. The van der Waals surface area contributed by atoms with Gasteiger partial charge in [0, 0.05) is 13.6 Å². The highest BCUT2D eigenvalue weighted by Gasteiger charge is 2.08. The van der Waals surface area contributed by atoms with Crippen LogP contribution in [0.5, 0.6) is 0 Å². The molecule has 0 amide bonds. The highest BCUT2D eigenvalue weighted by atomic mass is 19.1. The van der Waals surface area contributed by atoms with Gasteiger partial charge >= 0.3 is 5.69 Å². The molecule has 0 aliphatic carbocycles. The minimum absolute atomic E-state index is 0.0813. The van der Waals surface area contributed by atoms with Crippen molar-refractivity contribution >= 4 is 11.5 Å². The molecule has 0 saturated carbocycles. The predicted molar refractivity (Wildman–Crippen MR) is 75.3 cm³/mol. The maximum Gasteiger partial charge on any atom is 0.329 e. The average Bonchev–Trinajstić information content (AvgIpc) is 2.42. The zero-order chi connectivity index (χ0) is 14.7. The van der Waals surface area contributed by atoms with Gasteiger partial charge in [0.1, 0.15) is 17.3 Å². The highest BCUT2D eigenvalue weighted by molar-refractivity contribution is 5.60. The average molecular weight is 278 g/mol. The Bertz CT molecular complexity index is 719. The maximum atomic E-state index is 12.8. The number of hydrogen-bond acceptors (Lipinski definition) is 4. The van der Waals surface area contributed by atoms with E-state index in [-0.39, 0.29) is 17.3 Å². The van der Waals surface area contributed by atoms with Crippen LogP contribution in [0.25, 0.3) is 0 Å². The number of hydrogen-bond donors (Lipinski definition) is 3. The number of aromatic nitrogens is 2. The van der Waals surface area contributed by atoms with Crippen LogP contribution in [0, 0.1) is 5.82 Å². The first kappa shape index (κ1) is 13.9. The van der Waals surface area contributed by atoms with E-state index in [4.69, 9.17) is 5.73 Å². The summed E-state index contributed by atoms with van der Waals surface area (Å²) in [6, 6.07) is 6.10. The quantitative estimate of drug-likeness (QED) is 0.757. The number of halogens is 1. The molecule has 0 spiro atoms. The number of nitrogens with two attached hydrogens (primary N) is 1. The Kier molecular flexibility index (Phi) is 3.88. The van der Waals surface area contributed by atoms with Crippen molar-refractivity contribution in [2.24, 2.45) is 7.05 Å². The van der Waals surface area contributed by atoms with Crippen LogP contribution in [0.4, 0.5) is 15.9 Å². The van der Waals surface area contributed by atoms with Crippen LogP contribution in [-0.2, 0) is 13.5 Å². The lowest BCUT2D eigenvalue weighted by atomic mass is 10.1. The number of aromatic amines is 1. The first-order valence-corrected chi connectivity index (χ1v) is 6.06. The number of anilines is 2. The van der Waals surface area contributed by atoms with Crippen molar-refractivity contribution in [3.8, 4) is 0 Å². The molecule has 0 saturated heterocycles. The summed E-state index contributed by atoms with van der Waals surface area (Å²) < 4.78 is 13.9. The van der Waals surface area contributed by atoms with Crippen LogP contribution in [0.2, 0.25) is 0 Å². The van der Waals surface area contributed by atoms with Gasteiger partial charge in [0.15, 0.2) is 0 Å². The van der Waals surface area contributed by atoms with Gasteiger partial charge < -0.3 is 11.1 Å². The Labute approximate surface area is 114 Å². The van der Waals surface area contributed by atoms with Crippen molar-refractivity contribution in [2.75, 3.05) is 17.6 Å². The third kappa shape index (κ3) is 2.87. The summed E-state index contributed by atoms with van der Waals surface area (Å²) in [5.74, 6) is -0.210. The molecule has 0 atom stereocenters. The largest absolute Gasteiger partial charge is 0.383 e. The van der Waals surface area contributed by atoms with E-state index in [1.807, 2.05) is 0 Å². The second kappa shape index (κ2) is 5.60. The molecule has 20 heavy (non-hydrogen) atoms. The van der Waals surface area contributed by atoms with E-state index < -0.39 is 11.2 Å². The molecule has 0 unspecified atom stereocenters. The second-order valence-electron chi connectivity index (χ2n) is 4.38. The van der Waals surface area contributed by atoms with Gasteiger partial charge in [-0.25, -0.2) is 9.18 Å². The van der Waals surface area contributed by atoms with E-state index in [0.717, 1.165) is 10.1 Å². The van der Waals surface area contributed by atoms with E-state index in [9.17, 15) is 14.0 Å². The van der Waals surface area contributed by atoms with Crippen molar-refractivity contribution in [2.45, 2.75) is 6.42 Å². The third-order valence-electron chi connectivity index (χ3n) is 3.00. The molecule has 1 aromatic heterocycles. The lowest BCUT2D eigenvalue weighted by molar-refractivity contribution is 0.627. The van der Waals surface area contributed by atoms with Crippen LogP contribution in [0.3, 0.4) is 0 Å². The van der Waals surface area contributed by atoms with Crippen molar-refractivity contribution < 1.29 is 4.39 Å². The zero-order valence-corrected chi connectivity index (χ0v) is 10.9. The number of nitrogen functional groups attached to an aromatic ring is 1. The second-order valence-corrected chi connectivity index (χ2v) is 4.38. The zero-order valence-electron chi connectivity index (χ0n) is 10.9. The summed E-state index contributed by atoms with van der Waals surface area (Å²) >= 11 is 0. The molecule has 0 radical (unpaired) electrons. The summed E-state index contributed by atoms with van der Waals surface area (Å²) in [6.07, 6.45) is 0.599. The molecule has 106 valence electrons. The fraction of sp³-hybridized carbons (Fsp3) is 0.231. The van der Waals surface area contributed by atoms with Crippen LogP contribution in [0.1, 0.15) is 5.56 Å². The monoisotopic (exact) mass is 278 g/mol. The fourth-order valence-electron chi connectivity index (χ4n) is 1.79. The molecular formula is C13H15FN4O2. The van der Waals surface area contributed by atoms with Crippen molar-refractivity contribution in [1.82, 2.24) is 9.55 Å². The van der Waals surface area contributed by atoms with Crippen molar-refractivity contribution in [3.05, 3.63) is 56.5 Å². The van der Waals surface area contributed by atoms with Gasteiger partial charge in [-0.3, -0.25) is 14.3 Å². The normalized spacial score (nSPS) is 10.5. The lowest BCUT2D eigenvalue weighted by Gasteiger charge is -2.10. The molecule has 2 rings (SSSR count). The van der Waals surface area contributed by atoms with Gasteiger partial charge in [-0.1, -0.05) is 12.1 Å². The first-order chi connectivity index (χ1) is 9.49. The van der Waals surface area contributed by atoms with Gasteiger partial charge in [0.25, 0.3) is 5.56 Å². The number of nitrogens with one attached hydrogen (secondary N) is 2. The summed E-state index contributed by atoms with van der Waals surface area (Å²) in [7, 11) is 1.47. The van der Waals surface area contributed by atoms with E-state index in [2.05, 4.69) is 10.3 Å². The molecule has 0 aliphatic heterocycles. The Morgan fingerprint density at radius 1 is 1.30 bits per heavy atom. The topological polar surface area (TPSA) is 92.9 Å². The molecule has 7 heteroatoms. The molecule has 0 aliphatic rings. The van der Waals surface area contributed by atoms with Gasteiger partial charge in [0.2, 0.25) is 0 Å². The van der Waals surface area contributed by atoms with Crippen LogP contribution in [-0.4, -0.2) is 16.1 Å². The predicted octanol–water partition coefficient (Wildman–Crippen LogP) is 0.449. The molecule has 6 nitrogen and oxygen atoms in total. The first-order valence-electron chi connectivity index (χ1n) is 6.06. The van der Waals surface area contributed by atoms with E-state index in [1.54, 1.807) is 12.1 Å². The number of rotatable bonds is 4. The minimum atomic E-state index is -0.559. The van der Waals surface area contributed by atoms with Gasteiger partial charge in [-0.2, -0.15) is 0 Å². The Balaban J connectivity index is 2.08. The standard InChI is InChI=1S/C13H15FN4O2/c1-18-11(15)10(12(19)17-13(18)20)16-7-6-8-2-4-9(14)5-3-8/h2-5,16H,6-7,15H2,1H3,(H,17,19,20). The van der Waals surface area contributed by atoms with E-state index >= 15 is 0 Å².